The van der Waals surface area contributed by atoms with Crippen LogP contribution in [0, 0.1) is 0 Å². The first-order chi connectivity index (χ1) is 9.39. The van der Waals surface area contributed by atoms with Crippen LogP contribution in [0.5, 0.6) is 0 Å². The average molecular weight is 378 g/mol. The van der Waals surface area contributed by atoms with E-state index in [9.17, 15) is 0 Å². The van der Waals surface area contributed by atoms with Gasteiger partial charge in [0.05, 0.1) is 0 Å². The van der Waals surface area contributed by atoms with E-state index in [-0.39, 0.29) is 0 Å². The van der Waals surface area contributed by atoms with Crippen molar-refractivity contribution in [3.8, 4) is 0 Å². The van der Waals surface area contributed by atoms with Crippen LogP contribution >= 0.6 is 33.2 Å². The molecular weight excluding hydrogens is 347 g/mol. The van der Waals surface area contributed by atoms with Crippen LogP contribution < -0.4 is 0 Å². The maximum absolute atomic E-state index is 6.24. The molecular formula is C14H31Cl3OSi2. The minimum atomic E-state index is -2.37. The Kier molecular flexibility index (Phi) is 12.5. The third-order valence-electron chi connectivity index (χ3n) is 4.20. The quantitative estimate of drug-likeness (QED) is 0.190. The summed E-state index contributed by atoms with van der Waals surface area (Å²) in [5, 5.41) is 0. The molecule has 1 nitrogen and oxygen atoms in total. The van der Waals surface area contributed by atoms with Gasteiger partial charge in [0, 0.05) is 6.61 Å². The first kappa shape index (κ1) is 21.3. The van der Waals surface area contributed by atoms with Crippen molar-refractivity contribution in [2.75, 3.05) is 6.61 Å². The van der Waals surface area contributed by atoms with E-state index in [1.54, 1.807) is 0 Å². The highest BCUT2D eigenvalue weighted by Crippen LogP contribution is 2.27. The van der Waals surface area contributed by atoms with Gasteiger partial charge in [-0.05, 0) is 30.6 Å². The first-order valence-corrected chi connectivity index (χ1v) is 15.9. The normalized spacial score (nSPS) is 12.9. The molecule has 0 aromatic carbocycles. The van der Waals surface area contributed by atoms with Gasteiger partial charge in [-0.1, -0.05) is 52.9 Å². The molecule has 0 aliphatic rings. The number of halogens is 3. The molecule has 0 spiro atoms. The van der Waals surface area contributed by atoms with Gasteiger partial charge in [0.2, 0.25) is 0 Å². The van der Waals surface area contributed by atoms with Gasteiger partial charge in [0.1, 0.15) is 0 Å². The molecule has 0 aromatic rings. The molecule has 0 fully saturated rings. The third-order valence-corrected chi connectivity index (χ3v) is 11.5. The van der Waals surface area contributed by atoms with Crippen LogP contribution in [0.1, 0.15) is 59.3 Å². The Balaban J connectivity index is 3.45. The number of hydrogen-bond acceptors (Lipinski definition) is 1. The Morgan fingerprint density at radius 2 is 1.15 bits per heavy atom. The summed E-state index contributed by atoms with van der Waals surface area (Å²) in [7, 11) is -1.36. The third kappa shape index (κ3) is 10.9. The van der Waals surface area contributed by atoms with Crippen LogP contribution in [0.25, 0.3) is 0 Å². The summed E-state index contributed by atoms with van der Waals surface area (Å²) in [4.78, 5) is 0. The zero-order valence-corrected chi connectivity index (χ0v) is 17.6. The van der Waals surface area contributed by atoms with E-state index in [1.165, 1.54) is 50.2 Å². The highest BCUT2D eigenvalue weighted by Gasteiger charge is 2.28. The van der Waals surface area contributed by atoms with Crippen molar-refractivity contribution in [1.82, 2.24) is 0 Å². The lowest BCUT2D eigenvalue weighted by Crippen LogP contribution is -2.36. The second-order valence-electron chi connectivity index (χ2n) is 5.58. The van der Waals surface area contributed by atoms with Crippen LogP contribution in [0.3, 0.4) is 0 Å². The predicted octanol–water partition coefficient (Wildman–Crippen LogP) is 7.00. The molecule has 0 rings (SSSR count). The molecule has 0 radical (unpaired) electrons. The van der Waals surface area contributed by atoms with Gasteiger partial charge in [-0.3, -0.25) is 0 Å². The second kappa shape index (κ2) is 11.8. The van der Waals surface area contributed by atoms with E-state index in [0.717, 1.165) is 19.1 Å². The summed E-state index contributed by atoms with van der Waals surface area (Å²) in [5.41, 5.74) is 0. The fourth-order valence-electron chi connectivity index (χ4n) is 2.48. The van der Waals surface area contributed by atoms with Crippen molar-refractivity contribution in [3.05, 3.63) is 0 Å². The first-order valence-electron chi connectivity index (χ1n) is 8.10. The van der Waals surface area contributed by atoms with Crippen molar-refractivity contribution in [3.63, 3.8) is 0 Å². The van der Waals surface area contributed by atoms with Gasteiger partial charge < -0.3 is 4.43 Å². The maximum atomic E-state index is 6.24. The van der Waals surface area contributed by atoms with E-state index < -0.39 is 14.3 Å². The molecule has 0 aromatic heterocycles. The molecule has 0 bridgehead atoms. The van der Waals surface area contributed by atoms with Crippen molar-refractivity contribution < 1.29 is 4.43 Å². The van der Waals surface area contributed by atoms with Crippen LogP contribution in [0.15, 0.2) is 0 Å². The predicted molar refractivity (Wildman–Crippen MR) is 99.0 cm³/mol. The van der Waals surface area contributed by atoms with Gasteiger partial charge in [0.15, 0.2) is 8.32 Å². The minimum Gasteiger partial charge on any atom is -0.417 e. The Labute approximate surface area is 142 Å². The van der Waals surface area contributed by atoms with Gasteiger partial charge >= 0.3 is 6.00 Å². The lowest BCUT2D eigenvalue weighted by molar-refractivity contribution is 0.287. The van der Waals surface area contributed by atoms with E-state index in [1.807, 2.05) is 0 Å². The SMILES string of the molecule is CC[Si](CC)(CC)OCCCCCCCC[Si](Cl)(Cl)Cl. The molecule has 0 amide bonds. The van der Waals surface area contributed by atoms with Crippen molar-refractivity contribution in [1.29, 1.82) is 0 Å². The summed E-state index contributed by atoms with van der Waals surface area (Å²) >= 11 is 17.6. The van der Waals surface area contributed by atoms with E-state index in [2.05, 4.69) is 20.8 Å². The Bertz CT molecular complexity index is 223. The fraction of sp³-hybridized carbons (Fsp3) is 1.00. The largest absolute Gasteiger partial charge is 0.417 e. The Morgan fingerprint density at radius 3 is 1.60 bits per heavy atom. The topological polar surface area (TPSA) is 9.23 Å². The van der Waals surface area contributed by atoms with Crippen molar-refractivity contribution >= 4 is 47.6 Å². The summed E-state index contributed by atoms with van der Waals surface area (Å²) < 4.78 is 6.24. The smallest absolute Gasteiger partial charge is 0.341 e. The van der Waals surface area contributed by atoms with Crippen LogP contribution in [0.4, 0.5) is 0 Å². The van der Waals surface area contributed by atoms with Crippen LogP contribution in [0.2, 0.25) is 24.2 Å². The van der Waals surface area contributed by atoms with Crippen LogP contribution in [-0.4, -0.2) is 20.9 Å². The highest BCUT2D eigenvalue weighted by molar-refractivity contribution is 7.64. The zero-order valence-electron chi connectivity index (χ0n) is 13.3. The zero-order chi connectivity index (χ0) is 15.5. The highest BCUT2D eigenvalue weighted by atomic mass is 35.8. The summed E-state index contributed by atoms with van der Waals surface area (Å²) in [5.74, 6) is 0. The van der Waals surface area contributed by atoms with E-state index >= 15 is 0 Å². The molecule has 0 saturated carbocycles. The fourth-order valence-corrected chi connectivity index (χ4v) is 7.02. The molecule has 122 valence electrons. The van der Waals surface area contributed by atoms with Gasteiger partial charge in [-0.15, -0.1) is 33.2 Å². The molecule has 0 aliphatic carbocycles. The lowest BCUT2D eigenvalue weighted by atomic mass is 10.1. The molecule has 6 heteroatoms. The van der Waals surface area contributed by atoms with Gasteiger partial charge in [-0.25, -0.2) is 0 Å². The molecule has 0 aliphatic heterocycles. The Hall–Kier alpha value is 1.26. The monoisotopic (exact) mass is 376 g/mol. The molecule has 0 unspecified atom stereocenters. The van der Waals surface area contributed by atoms with E-state index in [4.69, 9.17) is 37.7 Å². The molecule has 0 heterocycles. The van der Waals surface area contributed by atoms with Crippen molar-refractivity contribution in [2.24, 2.45) is 0 Å². The molecule has 0 saturated heterocycles. The van der Waals surface area contributed by atoms with Gasteiger partial charge in [0.25, 0.3) is 0 Å². The van der Waals surface area contributed by atoms with Crippen molar-refractivity contribution in [2.45, 2.75) is 83.5 Å². The Morgan fingerprint density at radius 1 is 0.700 bits per heavy atom. The van der Waals surface area contributed by atoms with Gasteiger partial charge in [-0.2, -0.15) is 0 Å². The number of rotatable bonds is 13. The summed E-state index contributed by atoms with van der Waals surface area (Å²) in [6.07, 6.45) is 7.27. The molecule has 0 atom stereocenters. The van der Waals surface area contributed by atoms with E-state index in [0.29, 0.717) is 0 Å². The minimum absolute atomic E-state index is 0.804. The maximum Gasteiger partial charge on any atom is 0.341 e. The van der Waals surface area contributed by atoms with Crippen LogP contribution in [-0.2, 0) is 4.43 Å². The number of hydrogen-bond donors (Lipinski definition) is 0. The standard InChI is InChI=1S/C14H31Cl3OSi2/c1-4-19(5-2,6-3)18-13-11-9-7-8-10-12-14-20(15,16)17/h4-14H2,1-3H3. The lowest BCUT2D eigenvalue weighted by Gasteiger charge is -2.27. The second-order valence-corrected chi connectivity index (χ2v) is 19.6. The average Bonchev–Trinajstić information content (AvgIpc) is 2.41. The summed E-state index contributed by atoms with van der Waals surface area (Å²) in [6.45, 7) is 7.82. The molecule has 20 heavy (non-hydrogen) atoms. The summed E-state index contributed by atoms with van der Waals surface area (Å²) in [6, 6.07) is 2.19. The number of unbranched alkanes of at least 4 members (excludes halogenated alkanes) is 5. The molecule has 0 N–H and O–H groups in total.